The molecule has 0 unspecified atom stereocenters. The summed E-state index contributed by atoms with van der Waals surface area (Å²) in [4.78, 5) is 0. The van der Waals surface area contributed by atoms with E-state index >= 15 is 0 Å². The zero-order valence-corrected chi connectivity index (χ0v) is 11.4. The Morgan fingerprint density at radius 3 is 2.26 bits per heavy atom. The summed E-state index contributed by atoms with van der Waals surface area (Å²) in [5.41, 5.74) is 2.77. The third-order valence-electron chi connectivity index (χ3n) is 2.87. The lowest BCUT2D eigenvalue weighted by Gasteiger charge is -2.03. The first kappa shape index (κ1) is 12.3. The Labute approximate surface area is 121 Å². The zero-order chi connectivity index (χ0) is 13.2. The molecule has 0 aliphatic rings. The molecule has 0 aliphatic heterocycles. The number of rotatable bonds is 2. The summed E-state index contributed by atoms with van der Waals surface area (Å²) in [5.74, 6) is 0. The van der Waals surface area contributed by atoms with Crippen molar-refractivity contribution in [3.05, 3.63) is 71.0 Å². The number of nitrogens with zero attached hydrogens (tertiary/aromatic N) is 2. The monoisotopic (exact) mass is 288 g/mol. The van der Waals surface area contributed by atoms with E-state index in [9.17, 15) is 0 Å². The van der Waals surface area contributed by atoms with Gasteiger partial charge in [0.05, 0.1) is 16.9 Å². The topological polar surface area (TPSA) is 17.8 Å². The molecule has 0 amide bonds. The first-order valence-electron chi connectivity index (χ1n) is 5.80. The number of para-hydroxylation sites is 1. The zero-order valence-electron chi connectivity index (χ0n) is 9.92. The summed E-state index contributed by atoms with van der Waals surface area (Å²) in [6, 6.07) is 15.3. The second-order valence-electron chi connectivity index (χ2n) is 4.10. The van der Waals surface area contributed by atoms with Gasteiger partial charge in [-0.15, -0.1) is 0 Å². The lowest BCUT2D eigenvalue weighted by atomic mass is 10.1. The highest BCUT2D eigenvalue weighted by atomic mass is 35.5. The van der Waals surface area contributed by atoms with Crippen LogP contribution in [0.4, 0.5) is 0 Å². The normalized spacial score (nSPS) is 10.6. The molecule has 4 heteroatoms. The molecule has 2 aromatic carbocycles. The standard InChI is InChI=1S/C15H10Cl2N2/c16-13-6-2-1-5-12(13)11-9-18-19(10-11)15-8-4-3-7-14(15)17/h1-10H. The quantitative estimate of drug-likeness (QED) is 0.659. The molecule has 3 rings (SSSR count). The Morgan fingerprint density at radius 1 is 0.842 bits per heavy atom. The third-order valence-corrected chi connectivity index (χ3v) is 3.52. The van der Waals surface area contributed by atoms with Gasteiger partial charge >= 0.3 is 0 Å². The molecular formula is C15H10Cl2N2. The van der Waals surface area contributed by atoms with E-state index in [-0.39, 0.29) is 0 Å². The van der Waals surface area contributed by atoms with Crippen molar-refractivity contribution in [2.75, 3.05) is 0 Å². The molecule has 0 fully saturated rings. The molecule has 94 valence electrons. The van der Waals surface area contributed by atoms with Crippen molar-refractivity contribution >= 4 is 23.2 Å². The number of hydrogen-bond acceptors (Lipinski definition) is 1. The molecule has 0 aliphatic carbocycles. The maximum atomic E-state index is 6.18. The summed E-state index contributed by atoms with van der Waals surface area (Å²) in [6.45, 7) is 0. The van der Waals surface area contributed by atoms with Crippen LogP contribution >= 0.6 is 23.2 Å². The van der Waals surface area contributed by atoms with E-state index in [0.717, 1.165) is 16.8 Å². The molecule has 0 atom stereocenters. The molecule has 0 N–H and O–H groups in total. The predicted octanol–water partition coefficient (Wildman–Crippen LogP) is 4.85. The van der Waals surface area contributed by atoms with Gasteiger partial charge in [0.1, 0.15) is 0 Å². The van der Waals surface area contributed by atoms with Crippen molar-refractivity contribution < 1.29 is 0 Å². The molecule has 2 nitrogen and oxygen atoms in total. The Hall–Kier alpha value is -1.77. The van der Waals surface area contributed by atoms with Crippen molar-refractivity contribution in [2.45, 2.75) is 0 Å². The summed E-state index contributed by atoms with van der Waals surface area (Å²) in [6.07, 6.45) is 3.70. The average molecular weight is 289 g/mol. The van der Waals surface area contributed by atoms with Gasteiger partial charge in [0, 0.05) is 22.3 Å². The minimum Gasteiger partial charge on any atom is -0.239 e. The highest BCUT2D eigenvalue weighted by Crippen LogP contribution is 2.28. The fourth-order valence-electron chi connectivity index (χ4n) is 1.93. The fraction of sp³-hybridized carbons (Fsp3) is 0. The van der Waals surface area contributed by atoms with Crippen molar-refractivity contribution in [1.29, 1.82) is 0 Å². The van der Waals surface area contributed by atoms with Crippen LogP contribution in [0.15, 0.2) is 60.9 Å². The molecule has 3 aromatic rings. The average Bonchev–Trinajstić information content (AvgIpc) is 2.89. The minimum atomic E-state index is 0.663. The van der Waals surface area contributed by atoms with Crippen molar-refractivity contribution in [3.63, 3.8) is 0 Å². The lowest BCUT2D eigenvalue weighted by molar-refractivity contribution is 0.881. The lowest BCUT2D eigenvalue weighted by Crippen LogP contribution is -1.94. The molecule has 19 heavy (non-hydrogen) atoms. The van der Waals surface area contributed by atoms with Gasteiger partial charge in [0.25, 0.3) is 0 Å². The van der Waals surface area contributed by atoms with Crippen LogP contribution < -0.4 is 0 Å². The van der Waals surface area contributed by atoms with E-state index in [2.05, 4.69) is 5.10 Å². The molecule has 1 heterocycles. The predicted molar refractivity (Wildman–Crippen MR) is 79.0 cm³/mol. The van der Waals surface area contributed by atoms with E-state index in [1.165, 1.54) is 0 Å². The number of hydrogen-bond donors (Lipinski definition) is 0. The number of benzene rings is 2. The van der Waals surface area contributed by atoms with Crippen LogP contribution in [0.1, 0.15) is 0 Å². The van der Waals surface area contributed by atoms with Crippen LogP contribution in [0.25, 0.3) is 16.8 Å². The van der Waals surface area contributed by atoms with Crippen LogP contribution in [0.3, 0.4) is 0 Å². The second kappa shape index (κ2) is 5.08. The molecule has 0 bridgehead atoms. The fourth-order valence-corrected chi connectivity index (χ4v) is 2.39. The highest BCUT2D eigenvalue weighted by Gasteiger charge is 2.08. The highest BCUT2D eigenvalue weighted by molar-refractivity contribution is 6.33. The molecule has 0 spiro atoms. The summed E-state index contributed by atoms with van der Waals surface area (Å²) in [7, 11) is 0. The molecular weight excluding hydrogens is 279 g/mol. The van der Waals surface area contributed by atoms with Gasteiger partial charge in [-0.3, -0.25) is 0 Å². The number of aromatic nitrogens is 2. The van der Waals surface area contributed by atoms with Gasteiger partial charge in [0.15, 0.2) is 0 Å². The summed E-state index contributed by atoms with van der Waals surface area (Å²) >= 11 is 12.3. The van der Waals surface area contributed by atoms with E-state index in [0.29, 0.717) is 10.0 Å². The van der Waals surface area contributed by atoms with E-state index < -0.39 is 0 Å². The van der Waals surface area contributed by atoms with Gasteiger partial charge in [0.2, 0.25) is 0 Å². The second-order valence-corrected chi connectivity index (χ2v) is 4.92. The van der Waals surface area contributed by atoms with Crippen LogP contribution in [-0.2, 0) is 0 Å². The van der Waals surface area contributed by atoms with E-state index in [1.807, 2.05) is 54.7 Å². The number of halogens is 2. The largest absolute Gasteiger partial charge is 0.239 e. The van der Waals surface area contributed by atoms with Gasteiger partial charge in [-0.25, -0.2) is 4.68 Å². The van der Waals surface area contributed by atoms with Gasteiger partial charge in [-0.2, -0.15) is 5.10 Å². The third kappa shape index (κ3) is 2.37. The molecule has 0 saturated heterocycles. The van der Waals surface area contributed by atoms with E-state index in [4.69, 9.17) is 23.2 Å². The smallest absolute Gasteiger partial charge is 0.0831 e. The molecule has 0 radical (unpaired) electrons. The van der Waals surface area contributed by atoms with Crippen molar-refractivity contribution in [2.24, 2.45) is 0 Å². The Balaban J connectivity index is 2.06. The Morgan fingerprint density at radius 2 is 1.53 bits per heavy atom. The van der Waals surface area contributed by atoms with Crippen molar-refractivity contribution in [3.8, 4) is 16.8 Å². The van der Waals surface area contributed by atoms with Crippen LogP contribution in [0.2, 0.25) is 10.0 Å². The molecule has 0 saturated carbocycles. The maximum Gasteiger partial charge on any atom is 0.0831 e. The maximum absolute atomic E-state index is 6.18. The SMILES string of the molecule is Clc1ccccc1-c1cnn(-c2ccccc2Cl)c1. The minimum absolute atomic E-state index is 0.663. The van der Waals surface area contributed by atoms with Crippen LogP contribution in [0.5, 0.6) is 0 Å². The summed E-state index contributed by atoms with van der Waals surface area (Å²) in [5, 5.41) is 5.71. The van der Waals surface area contributed by atoms with Crippen LogP contribution in [0, 0.1) is 0 Å². The molecule has 1 aromatic heterocycles. The Bertz CT molecular complexity index is 659. The Kier molecular flexibility index (Phi) is 3.28. The van der Waals surface area contributed by atoms with Crippen LogP contribution in [-0.4, -0.2) is 9.78 Å². The van der Waals surface area contributed by atoms with Gasteiger partial charge < -0.3 is 0 Å². The van der Waals surface area contributed by atoms with Crippen molar-refractivity contribution in [1.82, 2.24) is 9.78 Å². The first-order chi connectivity index (χ1) is 9.25. The van der Waals surface area contributed by atoms with E-state index in [1.54, 1.807) is 10.9 Å². The van der Waals surface area contributed by atoms with Gasteiger partial charge in [-0.1, -0.05) is 53.5 Å². The van der Waals surface area contributed by atoms with Gasteiger partial charge in [-0.05, 0) is 18.2 Å². The summed E-state index contributed by atoms with van der Waals surface area (Å²) < 4.78 is 1.75. The first-order valence-corrected chi connectivity index (χ1v) is 6.56.